The first kappa shape index (κ1) is 23.9. The normalized spacial score (nSPS) is 16.4. The number of hydrogen-bond donors (Lipinski definition) is 0. The van der Waals surface area contributed by atoms with E-state index < -0.39 is 17.7 Å². The number of nitrogens with zero attached hydrogens (tertiary/aromatic N) is 1. The van der Waals surface area contributed by atoms with Crippen molar-refractivity contribution in [1.82, 2.24) is 4.90 Å². The predicted molar refractivity (Wildman–Crippen MR) is 119 cm³/mol. The molecule has 32 heavy (non-hydrogen) atoms. The monoisotopic (exact) mass is 443 g/mol. The highest BCUT2D eigenvalue weighted by Gasteiger charge is 2.36. The number of hydrogen-bond acceptors (Lipinski definition) is 3. The van der Waals surface area contributed by atoms with Crippen molar-refractivity contribution in [3.63, 3.8) is 0 Å². The van der Waals surface area contributed by atoms with Crippen molar-refractivity contribution in [2.75, 3.05) is 6.54 Å². The first-order valence-electron chi connectivity index (χ1n) is 11.2. The van der Waals surface area contributed by atoms with Gasteiger partial charge < -0.3 is 4.74 Å². The summed E-state index contributed by atoms with van der Waals surface area (Å²) >= 11 is 0. The lowest BCUT2D eigenvalue weighted by atomic mass is 9.86. The van der Waals surface area contributed by atoms with Crippen LogP contribution in [0.2, 0.25) is 0 Å². The number of Topliss-reactive ketones (excluding diaryl/α,β-unsaturated/α-hetero) is 1. The minimum absolute atomic E-state index is 0.0327. The standard InChI is InChI=1S/C26H31F2NO3/c1-26(2,3)32-25(31)29-17-5-7-23(29)24(30)8-4-6-22(18-9-13-20(27)14-10-18)19-11-15-21(28)16-12-19/h9-16,22-23H,4-8,17H2,1-3H3/t23-/m0/s1. The molecule has 0 saturated carbocycles. The maximum atomic E-state index is 13.4. The Bertz CT molecular complexity index is 874. The molecule has 1 aliphatic rings. The zero-order chi connectivity index (χ0) is 23.3. The van der Waals surface area contributed by atoms with Gasteiger partial charge in [-0.2, -0.15) is 0 Å². The van der Waals surface area contributed by atoms with Gasteiger partial charge in [-0.05, 0) is 81.8 Å². The molecular weight excluding hydrogens is 412 g/mol. The van der Waals surface area contributed by atoms with Gasteiger partial charge in [0.25, 0.3) is 0 Å². The second-order valence-electron chi connectivity index (χ2n) is 9.35. The Morgan fingerprint density at radius 2 is 1.53 bits per heavy atom. The number of likely N-dealkylation sites (tertiary alicyclic amines) is 1. The highest BCUT2D eigenvalue weighted by Crippen LogP contribution is 2.31. The zero-order valence-corrected chi connectivity index (χ0v) is 18.9. The Kier molecular flexibility index (Phi) is 7.64. The molecule has 0 aliphatic carbocycles. The molecule has 1 amide bonds. The van der Waals surface area contributed by atoms with Crippen LogP contribution in [0.5, 0.6) is 0 Å². The number of benzene rings is 2. The molecule has 0 radical (unpaired) electrons. The van der Waals surface area contributed by atoms with E-state index in [4.69, 9.17) is 4.74 Å². The van der Waals surface area contributed by atoms with E-state index in [1.807, 2.05) is 20.8 Å². The Hall–Kier alpha value is -2.76. The average Bonchev–Trinajstić information content (AvgIpc) is 3.22. The molecule has 1 fully saturated rings. The molecule has 1 aliphatic heterocycles. The lowest BCUT2D eigenvalue weighted by Crippen LogP contribution is -2.43. The minimum Gasteiger partial charge on any atom is -0.444 e. The third-order valence-corrected chi connectivity index (χ3v) is 5.71. The molecule has 0 N–H and O–H groups in total. The Balaban J connectivity index is 1.65. The van der Waals surface area contributed by atoms with Crippen molar-refractivity contribution < 1.29 is 23.1 Å². The van der Waals surface area contributed by atoms with Gasteiger partial charge in [0.1, 0.15) is 17.2 Å². The molecular formula is C26H31F2NO3. The molecule has 0 aromatic heterocycles. The Labute approximate surface area is 188 Å². The maximum Gasteiger partial charge on any atom is 0.410 e. The van der Waals surface area contributed by atoms with Crippen molar-refractivity contribution in [2.24, 2.45) is 0 Å². The predicted octanol–water partition coefficient (Wildman–Crippen LogP) is 6.24. The summed E-state index contributed by atoms with van der Waals surface area (Å²) in [5, 5.41) is 0. The summed E-state index contributed by atoms with van der Waals surface area (Å²) in [7, 11) is 0. The van der Waals surface area contributed by atoms with Crippen LogP contribution >= 0.6 is 0 Å². The van der Waals surface area contributed by atoms with Gasteiger partial charge in [-0.1, -0.05) is 24.3 Å². The maximum absolute atomic E-state index is 13.4. The van der Waals surface area contributed by atoms with Gasteiger partial charge in [0.05, 0.1) is 6.04 Å². The molecule has 6 heteroatoms. The highest BCUT2D eigenvalue weighted by atomic mass is 19.1. The molecule has 0 unspecified atom stereocenters. The van der Waals surface area contributed by atoms with Crippen LogP contribution in [-0.2, 0) is 9.53 Å². The van der Waals surface area contributed by atoms with Crippen LogP contribution in [0, 0.1) is 11.6 Å². The molecule has 1 atom stereocenters. The Morgan fingerprint density at radius 1 is 1.00 bits per heavy atom. The molecule has 0 spiro atoms. The zero-order valence-electron chi connectivity index (χ0n) is 18.9. The third kappa shape index (κ3) is 6.38. The van der Waals surface area contributed by atoms with Gasteiger partial charge >= 0.3 is 6.09 Å². The van der Waals surface area contributed by atoms with Crippen LogP contribution in [0.25, 0.3) is 0 Å². The second kappa shape index (κ2) is 10.2. The molecule has 2 aromatic carbocycles. The minimum atomic E-state index is -0.606. The molecule has 1 heterocycles. The summed E-state index contributed by atoms with van der Waals surface area (Å²) in [6.45, 7) is 5.95. The smallest absolute Gasteiger partial charge is 0.410 e. The molecule has 0 bridgehead atoms. The Morgan fingerprint density at radius 3 is 2.03 bits per heavy atom. The van der Waals surface area contributed by atoms with Gasteiger partial charge in [-0.3, -0.25) is 9.69 Å². The number of rotatable bonds is 7. The SMILES string of the molecule is CC(C)(C)OC(=O)N1CCC[C@H]1C(=O)CCCC(c1ccc(F)cc1)c1ccc(F)cc1. The fourth-order valence-electron chi connectivity index (χ4n) is 4.20. The molecule has 3 rings (SSSR count). The quantitative estimate of drug-likeness (QED) is 0.509. The molecule has 4 nitrogen and oxygen atoms in total. The van der Waals surface area contributed by atoms with Crippen molar-refractivity contribution in [1.29, 1.82) is 0 Å². The number of ketones is 1. The van der Waals surface area contributed by atoms with Crippen LogP contribution in [-0.4, -0.2) is 35.0 Å². The first-order chi connectivity index (χ1) is 15.1. The van der Waals surface area contributed by atoms with Crippen LogP contribution in [0.3, 0.4) is 0 Å². The van der Waals surface area contributed by atoms with Crippen molar-refractivity contribution in [2.45, 2.75) is 70.4 Å². The highest BCUT2D eigenvalue weighted by molar-refractivity contribution is 5.88. The van der Waals surface area contributed by atoms with E-state index in [0.717, 1.165) is 17.5 Å². The van der Waals surface area contributed by atoms with Gasteiger partial charge in [0, 0.05) is 18.9 Å². The van der Waals surface area contributed by atoms with Crippen molar-refractivity contribution in [3.05, 3.63) is 71.3 Å². The summed E-state index contributed by atoms with van der Waals surface area (Å²) < 4.78 is 32.3. The molecule has 1 saturated heterocycles. The number of carbonyl (C=O) groups is 2. The van der Waals surface area contributed by atoms with Gasteiger partial charge in [0.2, 0.25) is 0 Å². The van der Waals surface area contributed by atoms with E-state index in [9.17, 15) is 18.4 Å². The summed E-state index contributed by atoms with van der Waals surface area (Å²) in [6, 6.07) is 12.1. The van der Waals surface area contributed by atoms with E-state index >= 15 is 0 Å². The van der Waals surface area contributed by atoms with Crippen LogP contribution in [0.1, 0.15) is 69.9 Å². The fraction of sp³-hybridized carbons (Fsp3) is 0.462. The van der Waals surface area contributed by atoms with Gasteiger partial charge in [0.15, 0.2) is 5.78 Å². The third-order valence-electron chi connectivity index (χ3n) is 5.71. The summed E-state index contributed by atoms with van der Waals surface area (Å²) in [5.74, 6) is -0.671. The number of ether oxygens (including phenoxy) is 1. The summed E-state index contributed by atoms with van der Waals surface area (Å²) in [5.41, 5.74) is 1.23. The van der Waals surface area contributed by atoms with E-state index in [0.29, 0.717) is 32.2 Å². The van der Waals surface area contributed by atoms with E-state index in [1.54, 1.807) is 29.2 Å². The summed E-state index contributed by atoms with van der Waals surface area (Å²) in [4.78, 5) is 26.9. The van der Waals surface area contributed by atoms with Crippen molar-refractivity contribution in [3.8, 4) is 0 Å². The second-order valence-corrected chi connectivity index (χ2v) is 9.35. The van der Waals surface area contributed by atoms with Crippen LogP contribution in [0.4, 0.5) is 13.6 Å². The van der Waals surface area contributed by atoms with E-state index in [1.165, 1.54) is 24.3 Å². The van der Waals surface area contributed by atoms with Crippen LogP contribution < -0.4 is 0 Å². The van der Waals surface area contributed by atoms with E-state index in [-0.39, 0.29) is 23.3 Å². The molecule has 2 aromatic rings. The number of amides is 1. The number of carbonyl (C=O) groups excluding carboxylic acids is 2. The number of halogens is 2. The lowest BCUT2D eigenvalue weighted by molar-refractivity contribution is -0.123. The largest absolute Gasteiger partial charge is 0.444 e. The van der Waals surface area contributed by atoms with Crippen molar-refractivity contribution >= 4 is 11.9 Å². The molecule has 172 valence electrons. The van der Waals surface area contributed by atoms with E-state index in [2.05, 4.69) is 0 Å². The van der Waals surface area contributed by atoms with Crippen LogP contribution in [0.15, 0.2) is 48.5 Å². The van der Waals surface area contributed by atoms with Gasteiger partial charge in [-0.25, -0.2) is 13.6 Å². The topological polar surface area (TPSA) is 46.6 Å². The van der Waals surface area contributed by atoms with Gasteiger partial charge in [-0.15, -0.1) is 0 Å². The first-order valence-corrected chi connectivity index (χ1v) is 11.2. The summed E-state index contributed by atoms with van der Waals surface area (Å²) in [6.07, 6.45) is 2.59. The fourth-order valence-corrected chi connectivity index (χ4v) is 4.20. The average molecular weight is 444 g/mol. The lowest BCUT2D eigenvalue weighted by Gasteiger charge is -2.28.